The van der Waals surface area contributed by atoms with Gasteiger partial charge >= 0.3 is 0 Å². The molecule has 0 atom stereocenters. The van der Waals surface area contributed by atoms with Crippen molar-refractivity contribution >= 4 is 29.9 Å². The van der Waals surface area contributed by atoms with Crippen LogP contribution in [0.1, 0.15) is 20.2 Å². The van der Waals surface area contributed by atoms with Gasteiger partial charge in [0.2, 0.25) is 0 Å². The number of benzene rings is 1. The molecule has 0 radical (unpaired) electrons. The molecule has 0 aliphatic rings. The van der Waals surface area contributed by atoms with Crippen LogP contribution in [0.2, 0.25) is 0 Å². The molecule has 0 saturated carbocycles. The van der Waals surface area contributed by atoms with Gasteiger partial charge in [-0.1, -0.05) is 0 Å². The van der Waals surface area contributed by atoms with Crippen molar-refractivity contribution in [2.45, 2.75) is 18.4 Å². The molecule has 5 heteroatoms. The van der Waals surface area contributed by atoms with Crippen molar-refractivity contribution in [1.29, 1.82) is 0 Å². The fraction of sp³-hybridized carbons (Fsp3) is 0.167. The molecule has 1 aromatic heterocycles. The molecule has 88 valence electrons. The molecule has 0 bridgehead atoms. The summed E-state index contributed by atoms with van der Waals surface area (Å²) in [6.45, 7) is 2.47. The predicted molar refractivity (Wildman–Crippen MR) is 71.7 cm³/mol. The number of nitrogens with one attached hydrogen (secondary N) is 1. The summed E-state index contributed by atoms with van der Waals surface area (Å²) in [5.41, 5.74) is 0.643. The summed E-state index contributed by atoms with van der Waals surface area (Å²) in [6, 6.07) is 7.12. The second kappa shape index (κ2) is 5.33. The minimum Gasteiger partial charge on any atom is -0.347 e. The summed E-state index contributed by atoms with van der Waals surface area (Å²) >= 11 is 5.76. The van der Waals surface area contributed by atoms with E-state index in [0.29, 0.717) is 12.1 Å². The second-order valence-electron chi connectivity index (χ2n) is 3.58. The van der Waals surface area contributed by atoms with Gasteiger partial charge in [0, 0.05) is 21.5 Å². The maximum Gasteiger partial charge on any atom is 0.251 e. The Morgan fingerprint density at radius 3 is 2.71 bits per heavy atom. The predicted octanol–water partition coefficient (Wildman–Crippen LogP) is 2.67. The standard InChI is InChI=1S/C12H12N2OS2/c1-8-13-6-11(17-8)7-14-12(15)9-2-4-10(16)5-3-9/h2-6,16H,7H2,1H3,(H,14,15). The van der Waals surface area contributed by atoms with Crippen LogP contribution in [0.15, 0.2) is 35.4 Å². The number of carbonyl (C=O) groups is 1. The van der Waals surface area contributed by atoms with E-state index >= 15 is 0 Å². The van der Waals surface area contributed by atoms with E-state index in [2.05, 4.69) is 22.9 Å². The highest BCUT2D eigenvalue weighted by Gasteiger charge is 2.05. The number of hydrogen-bond donors (Lipinski definition) is 2. The molecule has 0 unspecified atom stereocenters. The summed E-state index contributed by atoms with van der Waals surface area (Å²) < 4.78 is 0. The second-order valence-corrected chi connectivity index (χ2v) is 5.41. The minimum atomic E-state index is -0.0793. The quantitative estimate of drug-likeness (QED) is 0.837. The van der Waals surface area contributed by atoms with Crippen LogP contribution >= 0.6 is 24.0 Å². The van der Waals surface area contributed by atoms with Gasteiger partial charge in [-0.05, 0) is 31.2 Å². The van der Waals surface area contributed by atoms with E-state index in [1.54, 1.807) is 41.8 Å². The van der Waals surface area contributed by atoms with Crippen molar-refractivity contribution in [2.75, 3.05) is 0 Å². The van der Waals surface area contributed by atoms with Gasteiger partial charge < -0.3 is 5.32 Å². The maximum absolute atomic E-state index is 11.8. The third-order valence-electron chi connectivity index (χ3n) is 2.22. The molecule has 2 rings (SSSR count). The average molecular weight is 264 g/mol. The normalized spacial score (nSPS) is 10.2. The monoisotopic (exact) mass is 264 g/mol. The number of nitrogens with zero attached hydrogens (tertiary/aromatic N) is 1. The number of aryl methyl sites for hydroxylation is 1. The molecule has 17 heavy (non-hydrogen) atoms. The lowest BCUT2D eigenvalue weighted by Crippen LogP contribution is -2.22. The average Bonchev–Trinajstić information content (AvgIpc) is 2.73. The van der Waals surface area contributed by atoms with Gasteiger partial charge in [0.1, 0.15) is 0 Å². The fourth-order valence-electron chi connectivity index (χ4n) is 1.37. The highest BCUT2D eigenvalue weighted by molar-refractivity contribution is 7.80. The summed E-state index contributed by atoms with van der Waals surface area (Å²) in [5, 5.41) is 3.86. The van der Waals surface area contributed by atoms with Crippen LogP contribution < -0.4 is 5.32 Å². The summed E-state index contributed by atoms with van der Waals surface area (Å²) in [5.74, 6) is -0.0793. The fourth-order valence-corrected chi connectivity index (χ4v) is 2.25. The Morgan fingerprint density at radius 2 is 2.12 bits per heavy atom. The third kappa shape index (κ3) is 3.31. The van der Waals surface area contributed by atoms with E-state index in [-0.39, 0.29) is 5.91 Å². The van der Waals surface area contributed by atoms with Crippen molar-refractivity contribution in [3.05, 3.63) is 45.9 Å². The first-order valence-electron chi connectivity index (χ1n) is 5.13. The molecule has 0 aliphatic heterocycles. The van der Waals surface area contributed by atoms with E-state index < -0.39 is 0 Å². The molecule has 0 fully saturated rings. The summed E-state index contributed by atoms with van der Waals surface area (Å²) in [6.07, 6.45) is 1.79. The highest BCUT2D eigenvalue weighted by Crippen LogP contribution is 2.12. The topological polar surface area (TPSA) is 42.0 Å². The van der Waals surface area contributed by atoms with Crippen LogP contribution in [0.5, 0.6) is 0 Å². The van der Waals surface area contributed by atoms with Crippen molar-refractivity contribution in [1.82, 2.24) is 10.3 Å². The highest BCUT2D eigenvalue weighted by atomic mass is 32.1. The van der Waals surface area contributed by atoms with Crippen LogP contribution in [-0.2, 0) is 6.54 Å². The van der Waals surface area contributed by atoms with Crippen LogP contribution in [-0.4, -0.2) is 10.9 Å². The van der Waals surface area contributed by atoms with E-state index in [0.717, 1.165) is 14.8 Å². The number of hydrogen-bond acceptors (Lipinski definition) is 4. The maximum atomic E-state index is 11.8. The third-order valence-corrected chi connectivity index (χ3v) is 3.43. The molecule has 1 aromatic carbocycles. The zero-order valence-corrected chi connectivity index (χ0v) is 11.0. The smallest absolute Gasteiger partial charge is 0.251 e. The molecule has 2 aromatic rings. The van der Waals surface area contributed by atoms with Crippen LogP contribution in [0.3, 0.4) is 0 Å². The zero-order chi connectivity index (χ0) is 12.3. The van der Waals surface area contributed by atoms with Gasteiger partial charge in [0.15, 0.2) is 0 Å². The first kappa shape index (κ1) is 12.1. The summed E-state index contributed by atoms with van der Waals surface area (Å²) in [4.78, 5) is 17.8. The van der Waals surface area contributed by atoms with Crippen molar-refractivity contribution in [2.24, 2.45) is 0 Å². The molecule has 0 aliphatic carbocycles. The molecule has 3 nitrogen and oxygen atoms in total. The molecule has 1 heterocycles. The zero-order valence-electron chi connectivity index (χ0n) is 9.30. The van der Waals surface area contributed by atoms with Crippen molar-refractivity contribution in [3.63, 3.8) is 0 Å². The van der Waals surface area contributed by atoms with Crippen LogP contribution in [0.25, 0.3) is 0 Å². The van der Waals surface area contributed by atoms with E-state index in [4.69, 9.17) is 0 Å². The van der Waals surface area contributed by atoms with Crippen molar-refractivity contribution in [3.8, 4) is 0 Å². The SMILES string of the molecule is Cc1ncc(CNC(=O)c2ccc(S)cc2)s1. The van der Waals surface area contributed by atoms with Gasteiger partial charge in [-0.15, -0.1) is 24.0 Å². The first-order valence-corrected chi connectivity index (χ1v) is 6.40. The Balaban J connectivity index is 1.95. The Hall–Kier alpha value is -1.33. The Morgan fingerprint density at radius 1 is 1.41 bits per heavy atom. The number of rotatable bonds is 3. The molecule has 0 spiro atoms. The molecule has 1 amide bonds. The summed E-state index contributed by atoms with van der Waals surface area (Å²) in [7, 11) is 0. The molecule has 0 saturated heterocycles. The Kier molecular flexibility index (Phi) is 3.81. The van der Waals surface area contributed by atoms with Crippen LogP contribution in [0.4, 0.5) is 0 Å². The van der Waals surface area contributed by atoms with Crippen molar-refractivity contribution < 1.29 is 4.79 Å². The Bertz CT molecular complexity index is 520. The van der Waals surface area contributed by atoms with Gasteiger partial charge in [0.25, 0.3) is 5.91 Å². The lowest BCUT2D eigenvalue weighted by Gasteiger charge is -2.03. The minimum absolute atomic E-state index is 0.0793. The number of thiol groups is 1. The molecular weight excluding hydrogens is 252 g/mol. The molecule has 1 N–H and O–H groups in total. The van der Waals surface area contributed by atoms with E-state index in [9.17, 15) is 4.79 Å². The Labute approximate surface area is 109 Å². The number of carbonyl (C=O) groups excluding carboxylic acids is 1. The number of amides is 1. The first-order chi connectivity index (χ1) is 8.15. The number of thiazole rings is 1. The van der Waals surface area contributed by atoms with Gasteiger partial charge in [0.05, 0.1) is 11.6 Å². The van der Waals surface area contributed by atoms with E-state index in [1.165, 1.54) is 0 Å². The van der Waals surface area contributed by atoms with Crippen LogP contribution in [0, 0.1) is 6.92 Å². The largest absolute Gasteiger partial charge is 0.347 e. The van der Waals surface area contributed by atoms with Gasteiger partial charge in [-0.25, -0.2) is 4.98 Å². The number of aromatic nitrogens is 1. The lowest BCUT2D eigenvalue weighted by molar-refractivity contribution is 0.0951. The van der Waals surface area contributed by atoms with Gasteiger partial charge in [-0.3, -0.25) is 4.79 Å². The van der Waals surface area contributed by atoms with E-state index in [1.807, 2.05) is 6.92 Å². The lowest BCUT2D eigenvalue weighted by atomic mass is 10.2. The van der Waals surface area contributed by atoms with Gasteiger partial charge in [-0.2, -0.15) is 0 Å². The molecular formula is C12H12N2OS2.